The SMILES string of the molecule is CS(=O)(=O)c1cc(C(=O)N[C@H]2CC[C@@H](c3nc4cc(Cl)ccc4o3)CC2)ccn1. The van der Waals surface area contributed by atoms with Gasteiger partial charge in [0.15, 0.2) is 26.3 Å². The quantitative estimate of drug-likeness (QED) is 0.672. The normalized spacial score (nSPS) is 19.9. The van der Waals surface area contributed by atoms with Crippen molar-refractivity contribution in [3.8, 4) is 0 Å². The number of carbonyl (C=O) groups excluding carboxylic acids is 1. The van der Waals surface area contributed by atoms with Crippen molar-refractivity contribution in [3.63, 3.8) is 0 Å². The van der Waals surface area contributed by atoms with Gasteiger partial charge >= 0.3 is 0 Å². The summed E-state index contributed by atoms with van der Waals surface area (Å²) in [5, 5.41) is 3.51. The summed E-state index contributed by atoms with van der Waals surface area (Å²) in [4.78, 5) is 20.9. The van der Waals surface area contributed by atoms with Crippen LogP contribution >= 0.6 is 11.6 Å². The minimum Gasteiger partial charge on any atom is -0.440 e. The summed E-state index contributed by atoms with van der Waals surface area (Å²) in [6, 6.07) is 8.22. The molecule has 0 spiro atoms. The van der Waals surface area contributed by atoms with Gasteiger partial charge in [-0.05, 0) is 56.0 Å². The summed E-state index contributed by atoms with van der Waals surface area (Å²) in [5.41, 5.74) is 1.76. The van der Waals surface area contributed by atoms with E-state index in [2.05, 4.69) is 15.3 Å². The lowest BCUT2D eigenvalue weighted by molar-refractivity contribution is 0.0924. The lowest BCUT2D eigenvalue weighted by Crippen LogP contribution is -2.37. The molecular weight excluding hydrogens is 414 g/mol. The molecule has 7 nitrogen and oxygen atoms in total. The van der Waals surface area contributed by atoms with E-state index in [-0.39, 0.29) is 22.9 Å². The Hall–Kier alpha value is -2.45. The molecule has 29 heavy (non-hydrogen) atoms. The average molecular weight is 434 g/mol. The van der Waals surface area contributed by atoms with Gasteiger partial charge in [0.05, 0.1) is 0 Å². The Balaban J connectivity index is 1.39. The van der Waals surface area contributed by atoms with Gasteiger partial charge in [0.2, 0.25) is 0 Å². The molecule has 9 heteroatoms. The zero-order valence-corrected chi connectivity index (χ0v) is 17.3. The van der Waals surface area contributed by atoms with Crippen molar-refractivity contribution in [2.45, 2.75) is 42.7 Å². The van der Waals surface area contributed by atoms with Gasteiger partial charge in [0, 0.05) is 35.0 Å². The fraction of sp³-hybridized carbons (Fsp3) is 0.350. The first-order chi connectivity index (χ1) is 13.8. The molecule has 4 rings (SSSR count). The Kier molecular flexibility index (Phi) is 5.31. The monoisotopic (exact) mass is 433 g/mol. The van der Waals surface area contributed by atoms with Crippen LogP contribution in [0.5, 0.6) is 0 Å². The second kappa shape index (κ2) is 7.76. The molecule has 0 bridgehead atoms. The van der Waals surface area contributed by atoms with Crippen LogP contribution in [0.1, 0.15) is 47.8 Å². The number of nitrogens with zero attached hydrogens (tertiary/aromatic N) is 2. The molecule has 1 fully saturated rings. The number of sulfone groups is 1. The molecule has 0 radical (unpaired) electrons. The number of oxazole rings is 1. The van der Waals surface area contributed by atoms with E-state index < -0.39 is 9.84 Å². The Bertz CT molecular complexity index is 1170. The van der Waals surface area contributed by atoms with Crippen LogP contribution in [0.15, 0.2) is 46.0 Å². The smallest absolute Gasteiger partial charge is 0.251 e. The standard InChI is InChI=1S/C20H20ClN3O4S/c1-29(26,27)18-10-13(8-9-22-18)19(25)23-15-5-2-12(3-6-15)20-24-16-11-14(21)4-7-17(16)28-20/h4,7-12,15H,2-3,5-6H2,1H3,(H,23,25)/t12-,15+. The van der Waals surface area contributed by atoms with Crippen LogP contribution < -0.4 is 5.32 Å². The van der Waals surface area contributed by atoms with Gasteiger partial charge < -0.3 is 9.73 Å². The maximum atomic E-state index is 12.5. The van der Waals surface area contributed by atoms with Gasteiger partial charge in [0.1, 0.15) is 5.52 Å². The third-order valence-electron chi connectivity index (χ3n) is 5.15. The fourth-order valence-corrected chi connectivity index (χ4v) is 4.36. The molecular formula is C20H20ClN3O4S. The van der Waals surface area contributed by atoms with Gasteiger partial charge in [-0.25, -0.2) is 18.4 Å². The number of amides is 1. The van der Waals surface area contributed by atoms with Gasteiger partial charge in [-0.3, -0.25) is 4.79 Å². The Morgan fingerprint density at radius 2 is 1.93 bits per heavy atom. The van der Waals surface area contributed by atoms with Crippen molar-refractivity contribution >= 4 is 38.4 Å². The number of rotatable bonds is 4. The van der Waals surface area contributed by atoms with Gasteiger partial charge in [-0.2, -0.15) is 0 Å². The number of aromatic nitrogens is 2. The average Bonchev–Trinajstić information content (AvgIpc) is 3.11. The van der Waals surface area contributed by atoms with Crippen molar-refractivity contribution in [2.75, 3.05) is 6.26 Å². The molecule has 1 amide bonds. The molecule has 0 unspecified atom stereocenters. The van der Waals surface area contributed by atoms with E-state index in [9.17, 15) is 13.2 Å². The van der Waals surface area contributed by atoms with E-state index in [4.69, 9.17) is 16.0 Å². The van der Waals surface area contributed by atoms with Crippen LogP contribution in [0.25, 0.3) is 11.1 Å². The molecule has 0 atom stereocenters. The number of halogens is 1. The molecule has 1 aromatic carbocycles. The lowest BCUT2D eigenvalue weighted by Gasteiger charge is -2.27. The van der Waals surface area contributed by atoms with Crippen LogP contribution in [0.2, 0.25) is 5.02 Å². The Morgan fingerprint density at radius 1 is 1.17 bits per heavy atom. The first kappa shape index (κ1) is 19.8. The first-order valence-electron chi connectivity index (χ1n) is 9.32. The summed E-state index contributed by atoms with van der Waals surface area (Å²) < 4.78 is 29.1. The Labute approximate surface area is 173 Å². The predicted molar refractivity (Wildman–Crippen MR) is 109 cm³/mol. The number of pyridine rings is 1. The molecule has 2 aromatic heterocycles. The number of fused-ring (bicyclic) bond motifs is 1. The minimum absolute atomic E-state index is 0.0208. The summed E-state index contributed by atoms with van der Waals surface area (Å²) >= 11 is 6.01. The number of nitrogens with one attached hydrogen (secondary N) is 1. The van der Waals surface area contributed by atoms with E-state index in [1.807, 2.05) is 6.07 Å². The van der Waals surface area contributed by atoms with Crippen LogP contribution in [0.3, 0.4) is 0 Å². The summed E-state index contributed by atoms with van der Waals surface area (Å²) in [6.07, 6.45) is 5.67. The first-order valence-corrected chi connectivity index (χ1v) is 11.6. The van der Waals surface area contributed by atoms with E-state index >= 15 is 0 Å². The highest BCUT2D eigenvalue weighted by Gasteiger charge is 2.27. The van der Waals surface area contributed by atoms with E-state index in [1.165, 1.54) is 18.3 Å². The highest BCUT2D eigenvalue weighted by Crippen LogP contribution is 2.34. The van der Waals surface area contributed by atoms with Crippen molar-refractivity contribution in [1.29, 1.82) is 0 Å². The minimum atomic E-state index is -3.46. The summed E-state index contributed by atoms with van der Waals surface area (Å²) in [5.74, 6) is 0.614. The fourth-order valence-electron chi connectivity index (χ4n) is 3.60. The van der Waals surface area contributed by atoms with Crippen molar-refractivity contribution in [1.82, 2.24) is 15.3 Å². The van der Waals surface area contributed by atoms with Crippen LogP contribution in [0, 0.1) is 0 Å². The van der Waals surface area contributed by atoms with Crippen LogP contribution in [0.4, 0.5) is 0 Å². The summed E-state index contributed by atoms with van der Waals surface area (Å²) in [7, 11) is -3.46. The third-order valence-corrected chi connectivity index (χ3v) is 6.37. The molecule has 3 aromatic rings. The van der Waals surface area contributed by atoms with Gasteiger partial charge in [-0.15, -0.1) is 0 Å². The van der Waals surface area contributed by atoms with Crippen molar-refractivity contribution in [2.24, 2.45) is 0 Å². The topological polar surface area (TPSA) is 102 Å². The molecule has 0 aliphatic heterocycles. The lowest BCUT2D eigenvalue weighted by atomic mass is 9.86. The second-order valence-corrected chi connectivity index (χ2v) is 9.74. The zero-order chi connectivity index (χ0) is 20.6. The van der Waals surface area contributed by atoms with E-state index in [0.29, 0.717) is 16.5 Å². The largest absolute Gasteiger partial charge is 0.440 e. The summed E-state index contributed by atoms with van der Waals surface area (Å²) in [6.45, 7) is 0. The van der Waals surface area contributed by atoms with E-state index in [1.54, 1.807) is 12.1 Å². The molecule has 0 saturated heterocycles. The van der Waals surface area contributed by atoms with Gasteiger partial charge in [-0.1, -0.05) is 11.6 Å². The highest BCUT2D eigenvalue weighted by atomic mass is 35.5. The third kappa shape index (κ3) is 4.43. The second-order valence-electron chi connectivity index (χ2n) is 7.34. The molecule has 1 N–H and O–H groups in total. The van der Waals surface area contributed by atoms with E-state index in [0.717, 1.165) is 43.0 Å². The van der Waals surface area contributed by atoms with Crippen LogP contribution in [-0.2, 0) is 9.84 Å². The number of carbonyl (C=O) groups is 1. The maximum absolute atomic E-state index is 12.5. The zero-order valence-electron chi connectivity index (χ0n) is 15.8. The van der Waals surface area contributed by atoms with Gasteiger partial charge in [0.25, 0.3) is 5.91 Å². The Morgan fingerprint density at radius 3 is 2.66 bits per heavy atom. The van der Waals surface area contributed by atoms with Crippen molar-refractivity contribution in [3.05, 3.63) is 53.0 Å². The molecule has 1 aliphatic rings. The maximum Gasteiger partial charge on any atom is 0.251 e. The molecule has 1 saturated carbocycles. The predicted octanol–water partition coefficient (Wildman–Crippen LogP) is 3.74. The van der Waals surface area contributed by atoms with Crippen molar-refractivity contribution < 1.29 is 17.6 Å². The highest BCUT2D eigenvalue weighted by molar-refractivity contribution is 7.90. The number of benzene rings is 1. The number of hydrogen-bond acceptors (Lipinski definition) is 6. The number of hydrogen-bond donors (Lipinski definition) is 1. The molecule has 1 aliphatic carbocycles. The van der Waals surface area contributed by atoms with Crippen LogP contribution in [-0.4, -0.2) is 36.6 Å². The molecule has 152 valence electrons. The molecule has 2 heterocycles.